The first-order chi connectivity index (χ1) is 12.4. The fraction of sp³-hybridized carbons (Fsp3) is 0.278. The topological polar surface area (TPSA) is 101 Å². The highest BCUT2D eigenvalue weighted by Gasteiger charge is 2.27. The van der Waals surface area contributed by atoms with Crippen molar-refractivity contribution >= 4 is 28.3 Å². The van der Waals surface area contributed by atoms with Crippen LogP contribution < -0.4 is 15.8 Å². The zero-order chi connectivity index (χ0) is 19.0. The number of benzene rings is 2. The molecule has 0 aliphatic rings. The average Bonchev–Trinajstić information content (AvgIpc) is 2.62. The summed E-state index contributed by atoms with van der Waals surface area (Å²) >= 11 is 0. The van der Waals surface area contributed by atoms with Crippen molar-refractivity contribution in [1.29, 1.82) is 0 Å². The second-order valence-corrected chi connectivity index (χ2v) is 7.41. The van der Waals surface area contributed by atoms with Crippen LogP contribution >= 0.6 is 12.4 Å². The van der Waals surface area contributed by atoms with Gasteiger partial charge in [-0.3, -0.25) is 4.79 Å². The molecule has 9 heteroatoms. The van der Waals surface area contributed by atoms with E-state index in [4.69, 9.17) is 5.73 Å². The van der Waals surface area contributed by atoms with Crippen LogP contribution in [0.4, 0.5) is 4.39 Å². The Bertz CT molecular complexity index is 835. The van der Waals surface area contributed by atoms with Crippen LogP contribution in [0.1, 0.15) is 12.0 Å². The number of hydrogen-bond acceptors (Lipinski definition) is 4. The molecule has 0 aromatic heterocycles. The normalized spacial score (nSPS) is 12.1. The van der Waals surface area contributed by atoms with Crippen LogP contribution in [0.5, 0.6) is 0 Å². The molecule has 0 heterocycles. The molecule has 0 saturated heterocycles. The highest BCUT2D eigenvalue weighted by Crippen LogP contribution is 2.15. The Labute approximate surface area is 164 Å². The van der Waals surface area contributed by atoms with Gasteiger partial charge in [-0.05, 0) is 37.1 Å². The molecule has 0 saturated carbocycles. The van der Waals surface area contributed by atoms with E-state index in [1.807, 2.05) is 6.07 Å². The summed E-state index contributed by atoms with van der Waals surface area (Å²) in [5.74, 6) is -1.36. The molecule has 2 rings (SSSR count). The van der Waals surface area contributed by atoms with E-state index >= 15 is 0 Å². The van der Waals surface area contributed by atoms with E-state index in [1.165, 1.54) is 12.1 Å². The van der Waals surface area contributed by atoms with Crippen molar-refractivity contribution in [1.82, 2.24) is 10.0 Å². The van der Waals surface area contributed by atoms with E-state index in [1.54, 1.807) is 24.3 Å². The van der Waals surface area contributed by atoms with Crippen molar-refractivity contribution in [3.63, 3.8) is 0 Å². The van der Waals surface area contributed by atoms with Crippen LogP contribution in [0.15, 0.2) is 59.5 Å². The van der Waals surface area contributed by atoms with Gasteiger partial charge in [-0.25, -0.2) is 12.8 Å². The molecule has 148 valence electrons. The summed E-state index contributed by atoms with van der Waals surface area (Å²) in [6, 6.07) is 13.0. The number of halogens is 2. The van der Waals surface area contributed by atoms with Gasteiger partial charge in [-0.2, -0.15) is 4.72 Å². The number of hydrogen-bond donors (Lipinski definition) is 3. The van der Waals surface area contributed by atoms with E-state index in [2.05, 4.69) is 10.0 Å². The van der Waals surface area contributed by atoms with Crippen molar-refractivity contribution in [2.75, 3.05) is 13.1 Å². The van der Waals surface area contributed by atoms with Crippen LogP contribution in [-0.4, -0.2) is 33.5 Å². The lowest BCUT2D eigenvalue weighted by Gasteiger charge is -2.19. The molecule has 0 bridgehead atoms. The lowest BCUT2D eigenvalue weighted by molar-refractivity contribution is -0.122. The number of nitrogens with two attached hydrogens (primary N) is 1. The van der Waals surface area contributed by atoms with Crippen LogP contribution in [0.3, 0.4) is 0 Å². The second-order valence-electron chi connectivity index (χ2n) is 5.73. The smallest absolute Gasteiger partial charge is 0.244 e. The summed E-state index contributed by atoms with van der Waals surface area (Å²) in [7, 11) is -4.20. The molecule has 27 heavy (non-hydrogen) atoms. The molecule has 0 radical (unpaired) electrons. The third kappa shape index (κ3) is 6.91. The highest BCUT2D eigenvalue weighted by molar-refractivity contribution is 7.89. The number of amides is 1. The maximum atomic E-state index is 13.9. The Balaban J connectivity index is 0.00000364. The van der Waals surface area contributed by atoms with Gasteiger partial charge in [-0.1, -0.05) is 42.5 Å². The number of nitrogens with one attached hydrogen (secondary N) is 2. The predicted octanol–water partition coefficient (Wildman–Crippen LogP) is 1.60. The Kier molecular flexibility index (Phi) is 9.37. The Morgan fingerprint density at radius 2 is 1.70 bits per heavy atom. The average molecular weight is 416 g/mol. The van der Waals surface area contributed by atoms with Gasteiger partial charge in [0.1, 0.15) is 16.8 Å². The van der Waals surface area contributed by atoms with Crippen LogP contribution in [0.25, 0.3) is 0 Å². The first kappa shape index (κ1) is 23.0. The van der Waals surface area contributed by atoms with Crippen molar-refractivity contribution in [2.24, 2.45) is 5.73 Å². The number of carbonyl (C=O) groups excluding carboxylic acids is 1. The minimum Gasteiger partial charge on any atom is -0.355 e. The molecule has 0 aliphatic carbocycles. The van der Waals surface area contributed by atoms with E-state index in [9.17, 15) is 17.6 Å². The first-order valence-electron chi connectivity index (χ1n) is 8.22. The van der Waals surface area contributed by atoms with Gasteiger partial charge in [0.15, 0.2) is 0 Å². The molecular weight excluding hydrogens is 393 g/mol. The minimum atomic E-state index is -4.20. The first-order valence-corrected chi connectivity index (χ1v) is 9.71. The summed E-state index contributed by atoms with van der Waals surface area (Å²) in [5.41, 5.74) is 6.18. The van der Waals surface area contributed by atoms with E-state index in [0.29, 0.717) is 19.5 Å². The van der Waals surface area contributed by atoms with Crippen LogP contribution in [0.2, 0.25) is 0 Å². The monoisotopic (exact) mass is 415 g/mol. The minimum absolute atomic E-state index is 0. The number of carbonyl (C=O) groups is 1. The predicted molar refractivity (Wildman–Crippen MR) is 105 cm³/mol. The third-order valence-electron chi connectivity index (χ3n) is 3.70. The van der Waals surface area contributed by atoms with Gasteiger partial charge >= 0.3 is 0 Å². The lowest BCUT2D eigenvalue weighted by Crippen LogP contribution is -2.48. The van der Waals surface area contributed by atoms with Crippen LogP contribution in [-0.2, 0) is 21.2 Å². The fourth-order valence-corrected chi connectivity index (χ4v) is 3.66. The largest absolute Gasteiger partial charge is 0.355 e. The summed E-state index contributed by atoms with van der Waals surface area (Å²) in [6.07, 6.45) is 0.715. The molecule has 4 N–H and O–H groups in total. The second kappa shape index (κ2) is 11.0. The van der Waals surface area contributed by atoms with E-state index < -0.39 is 32.7 Å². The Morgan fingerprint density at radius 3 is 2.33 bits per heavy atom. The summed E-state index contributed by atoms with van der Waals surface area (Å²) < 4.78 is 41.3. The van der Waals surface area contributed by atoms with Crippen molar-refractivity contribution in [2.45, 2.75) is 23.8 Å². The van der Waals surface area contributed by atoms with Crippen molar-refractivity contribution in [3.8, 4) is 0 Å². The van der Waals surface area contributed by atoms with Crippen molar-refractivity contribution in [3.05, 3.63) is 66.0 Å². The van der Waals surface area contributed by atoms with E-state index in [-0.39, 0.29) is 18.8 Å². The van der Waals surface area contributed by atoms with Gasteiger partial charge in [0.05, 0.1) is 0 Å². The molecule has 6 nitrogen and oxygen atoms in total. The van der Waals surface area contributed by atoms with Gasteiger partial charge in [0.25, 0.3) is 0 Å². The third-order valence-corrected chi connectivity index (χ3v) is 5.21. The molecule has 2 aromatic rings. The molecule has 2 aromatic carbocycles. The Hall–Kier alpha value is -2.00. The van der Waals surface area contributed by atoms with Crippen LogP contribution in [0, 0.1) is 5.82 Å². The number of rotatable bonds is 9. The molecule has 1 unspecified atom stereocenters. The van der Waals surface area contributed by atoms with Gasteiger partial charge in [0.2, 0.25) is 15.9 Å². The SMILES string of the molecule is Cl.NCCCNC(=O)C(Cc1ccccc1)NS(=O)(=O)c1ccccc1F. The number of sulfonamides is 1. The molecule has 0 spiro atoms. The summed E-state index contributed by atoms with van der Waals surface area (Å²) in [5, 5.41) is 2.65. The van der Waals surface area contributed by atoms with Gasteiger partial charge < -0.3 is 11.1 Å². The Morgan fingerprint density at radius 1 is 1.07 bits per heavy atom. The lowest BCUT2D eigenvalue weighted by atomic mass is 10.1. The zero-order valence-electron chi connectivity index (χ0n) is 14.6. The van der Waals surface area contributed by atoms with E-state index in [0.717, 1.165) is 17.7 Å². The van der Waals surface area contributed by atoms with Crippen molar-refractivity contribution < 1.29 is 17.6 Å². The molecule has 1 amide bonds. The molecule has 0 aliphatic heterocycles. The quantitative estimate of drug-likeness (QED) is 0.541. The highest BCUT2D eigenvalue weighted by atomic mass is 35.5. The molecule has 1 atom stereocenters. The van der Waals surface area contributed by atoms with Gasteiger partial charge in [0, 0.05) is 6.54 Å². The molecular formula is C18H23ClFN3O3S. The maximum absolute atomic E-state index is 13.9. The maximum Gasteiger partial charge on any atom is 0.244 e. The summed E-state index contributed by atoms with van der Waals surface area (Å²) in [4.78, 5) is 12.0. The fourth-order valence-electron chi connectivity index (χ4n) is 2.39. The summed E-state index contributed by atoms with van der Waals surface area (Å²) in [6.45, 7) is 0.743. The zero-order valence-corrected chi connectivity index (χ0v) is 16.2. The standard InChI is InChI=1S/C18H22FN3O3S.ClH/c19-15-9-4-5-10-17(15)26(24,25)22-16(18(23)21-12-6-11-20)13-14-7-2-1-3-8-14;/h1-5,7-10,16,22H,6,11-13,20H2,(H,21,23);1H. The van der Waals surface area contributed by atoms with Gasteiger partial charge in [-0.15, -0.1) is 12.4 Å². The molecule has 0 fully saturated rings.